The first kappa shape index (κ1) is 26.8. The highest BCUT2D eigenvalue weighted by molar-refractivity contribution is 7.17. The number of anilines is 2. The van der Waals surface area contributed by atoms with Crippen LogP contribution in [0.4, 0.5) is 15.8 Å². The maximum absolute atomic E-state index is 14.4. The predicted octanol–water partition coefficient (Wildman–Crippen LogP) is 5.78. The quantitative estimate of drug-likeness (QED) is 0.319. The van der Waals surface area contributed by atoms with Gasteiger partial charge in [0, 0.05) is 41.6 Å². The molecule has 0 radical (unpaired) electrons. The molecule has 1 atom stereocenters. The molecule has 1 saturated heterocycles. The molecular formula is C32H29FN4O3S. The predicted molar refractivity (Wildman–Crippen MR) is 158 cm³/mol. The number of piperidine rings is 1. The third kappa shape index (κ3) is 5.37. The number of amides is 3. The Morgan fingerprint density at radius 1 is 1.12 bits per heavy atom. The van der Waals surface area contributed by atoms with Crippen molar-refractivity contribution in [2.24, 2.45) is 5.92 Å². The highest BCUT2D eigenvalue weighted by Gasteiger charge is 2.29. The van der Waals surface area contributed by atoms with E-state index in [0.29, 0.717) is 42.1 Å². The average molecular weight is 569 g/mol. The Balaban J connectivity index is 1.26. The van der Waals surface area contributed by atoms with Crippen LogP contribution < -0.4 is 15.5 Å². The van der Waals surface area contributed by atoms with Crippen LogP contribution in [0.25, 0.3) is 10.4 Å². The van der Waals surface area contributed by atoms with Crippen molar-refractivity contribution in [3.8, 4) is 10.4 Å². The summed E-state index contributed by atoms with van der Waals surface area (Å²) in [7, 11) is 0. The van der Waals surface area contributed by atoms with E-state index in [1.807, 2.05) is 42.5 Å². The maximum Gasteiger partial charge on any atom is 0.276 e. The molecule has 9 heteroatoms. The lowest BCUT2D eigenvalue weighted by Crippen LogP contribution is -2.37. The van der Waals surface area contributed by atoms with Crippen LogP contribution in [-0.2, 0) is 17.6 Å². The summed E-state index contributed by atoms with van der Waals surface area (Å²) in [6.45, 7) is 2.87. The molecule has 0 saturated carbocycles. The van der Waals surface area contributed by atoms with Crippen molar-refractivity contribution in [1.82, 2.24) is 10.3 Å². The Kier molecular flexibility index (Phi) is 7.36. The third-order valence-electron chi connectivity index (χ3n) is 7.66. The summed E-state index contributed by atoms with van der Waals surface area (Å²) in [5.74, 6) is -1.15. The molecule has 0 aliphatic carbocycles. The van der Waals surface area contributed by atoms with Crippen molar-refractivity contribution < 1.29 is 18.8 Å². The molecule has 4 heterocycles. The van der Waals surface area contributed by atoms with Crippen molar-refractivity contribution >= 4 is 40.4 Å². The zero-order valence-corrected chi connectivity index (χ0v) is 23.4. The zero-order chi connectivity index (χ0) is 28.5. The van der Waals surface area contributed by atoms with Gasteiger partial charge < -0.3 is 15.5 Å². The Bertz CT molecular complexity index is 1650. The van der Waals surface area contributed by atoms with Crippen molar-refractivity contribution in [2.45, 2.75) is 32.6 Å². The molecule has 0 unspecified atom stereocenters. The molecular weight excluding hydrogens is 539 g/mol. The van der Waals surface area contributed by atoms with Gasteiger partial charge in [-0.1, -0.05) is 36.4 Å². The molecule has 0 spiro atoms. The summed E-state index contributed by atoms with van der Waals surface area (Å²) in [5.41, 5.74) is 4.44. The molecule has 3 amide bonds. The smallest absolute Gasteiger partial charge is 0.276 e. The van der Waals surface area contributed by atoms with E-state index in [-0.39, 0.29) is 29.3 Å². The van der Waals surface area contributed by atoms with E-state index in [4.69, 9.17) is 0 Å². The summed E-state index contributed by atoms with van der Waals surface area (Å²) in [5, 5.41) is 5.64. The number of para-hydroxylation sites is 2. The second-order valence-corrected chi connectivity index (χ2v) is 11.5. The zero-order valence-electron chi connectivity index (χ0n) is 22.6. The lowest BCUT2D eigenvalue weighted by Gasteiger charge is -2.23. The fraction of sp³-hybridized carbons (Fsp3) is 0.250. The van der Waals surface area contributed by atoms with Gasteiger partial charge in [-0.2, -0.15) is 0 Å². The number of nitrogens with zero attached hydrogens (tertiary/aromatic N) is 2. The second-order valence-electron chi connectivity index (χ2n) is 10.4. The number of fused-ring (bicyclic) bond motifs is 3. The minimum absolute atomic E-state index is 0.0412. The van der Waals surface area contributed by atoms with Gasteiger partial charge >= 0.3 is 0 Å². The van der Waals surface area contributed by atoms with Crippen LogP contribution in [-0.4, -0.2) is 35.8 Å². The van der Waals surface area contributed by atoms with E-state index in [2.05, 4.69) is 15.6 Å². The Morgan fingerprint density at radius 3 is 2.78 bits per heavy atom. The minimum atomic E-state index is -0.476. The van der Waals surface area contributed by atoms with Gasteiger partial charge in [0.2, 0.25) is 5.91 Å². The Hall–Kier alpha value is -4.37. The number of pyridine rings is 1. The van der Waals surface area contributed by atoms with Crippen LogP contribution in [0.1, 0.15) is 49.8 Å². The van der Waals surface area contributed by atoms with E-state index in [1.54, 1.807) is 30.0 Å². The van der Waals surface area contributed by atoms with E-state index >= 15 is 0 Å². The van der Waals surface area contributed by atoms with Gasteiger partial charge in [0.15, 0.2) is 0 Å². The molecule has 0 bridgehead atoms. The molecule has 2 aliphatic heterocycles. The SMILES string of the molecule is Cc1cccc(F)c1NC(=O)c1cc2c(s1)-c1ccccc1N(C(=O)c1cccc(C[C@H]3CCCNC3=O)n1)CC2. The van der Waals surface area contributed by atoms with Crippen LogP contribution in [0.3, 0.4) is 0 Å². The van der Waals surface area contributed by atoms with Gasteiger partial charge in [0.1, 0.15) is 11.5 Å². The number of aryl methyl sites for hydroxylation is 1. The van der Waals surface area contributed by atoms with Crippen molar-refractivity contribution in [2.75, 3.05) is 23.3 Å². The number of hydrogen-bond acceptors (Lipinski definition) is 5. The second kappa shape index (κ2) is 11.2. The first-order valence-electron chi connectivity index (χ1n) is 13.7. The monoisotopic (exact) mass is 568 g/mol. The van der Waals surface area contributed by atoms with Crippen LogP contribution in [0.5, 0.6) is 0 Å². The first-order valence-corrected chi connectivity index (χ1v) is 14.5. The van der Waals surface area contributed by atoms with E-state index in [9.17, 15) is 18.8 Å². The van der Waals surface area contributed by atoms with Gasteiger partial charge in [-0.3, -0.25) is 14.4 Å². The van der Waals surface area contributed by atoms with Crippen LogP contribution >= 0.6 is 11.3 Å². The standard InChI is InChI=1S/C32H29FN4O3S/c1-19-7-4-11-24(33)28(19)36-31(39)27-18-20-14-16-37(26-13-3-2-10-23(26)29(20)41-27)32(40)25-12-5-9-22(35-25)17-21-8-6-15-34-30(21)38/h2-5,7,9-13,18,21H,6,8,14-17H2,1H3,(H,34,38)(H,36,39)/t21-/m1/s1. The number of hydrogen-bond donors (Lipinski definition) is 2. The normalized spacial score (nSPS) is 16.3. The molecule has 1 fully saturated rings. The number of halogens is 1. The number of carbonyl (C=O) groups is 3. The van der Waals surface area contributed by atoms with E-state index in [1.165, 1.54) is 17.4 Å². The average Bonchev–Trinajstić information content (AvgIpc) is 3.34. The van der Waals surface area contributed by atoms with Crippen LogP contribution in [0.2, 0.25) is 0 Å². The fourth-order valence-corrected chi connectivity index (χ4v) is 6.66. The van der Waals surface area contributed by atoms with Gasteiger partial charge in [-0.05, 0) is 67.6 Å². The Morgan fingerprint density at radius 2 is 1.95 bits per heavy atom. The highest BCUT2D eigenvalue weighted by atomic mass is 32.1. The fourth-order valence-electron chi connectivity index (χ4n) is 5.52. The first-order chi connectivity index (χ1) is 19.9. The third-order valence-corrected chi connectivity index (χ3v) is 8.87. The highest BCUT2D eigenvalue weighted by Crippen LogP contribution is 2.42. The van der Waals surface area contributed by atoms with Gasteiger partial charge in [0.25, 0.3) is 11.8 Å². The number of benzene rings is 2. The van der Waals surface area contributed by atoms with Crippen molar-refractivity contribution in [3.05, 3.63) is 99.9 Å². The summed E-state index contributed by atoms with van der Waals surface area (Å²) in [6, 6.07) is 19.6. The number of aromatic nitrogens is 1. The molecule has 2 aromatic carbocycles. The minimum Gasteiger partial charge on any atom is -0.356 e. The van der Waals surface area contributed by atoms with E-state index in [0.717, 1.165) is 40.2 Å². The maximum atomic E-state index is 14.4. The summed E-state index contributed by atoms with van der Waals surface area (Å²) in [4.78, 5) is 47.0. The number of nitrogens with one attached hydrogen (secondary N) is 2. The molecule has 41 heavy (non-hydrogen) atoms. The molecule has 2 aromatic heterocycles. The lowest BCUT2D eigenvalue weighted by molar-refractivity contribution is -0.126. The summed E-state index contributed by atoms with van der Waals surface area (Å²) < 4.78 is 14.4. The topological polar surface area (TPSA) is 91.4 Å². The van der Waals surface area contributed by atoms with Gasteiger partial charge in [0.05, 0.1) is 16.3 Å². The largest absolute Gasteiger partial charge is 0.356 e. The summed E-state index contributed by atoms with van der Waals surface area (Å²) >= 11 is 1.34. The number of thiophene rings is 1. The van der Waals surface area contributed by atoms with Gasteiger partial charge in [-0.15, -0.1) is 11.3 Å². The molecule has 2 aliphatic rings. The molecule has 6 rings (SSSR count). The van der Waals surface area contributed by atoms with E-state index < -0.39 is 5.82 Å². The van der Waals surface area contributed by atoms with Crippen molar-refractivity contribution in [1.29, 1.82) is 0 Å². The Labute approximate surface area is 241 Å². The number of carbonyl (C=O) groups excluding carboxylic acids is 3. The van der Waals surface area contributed by atoms with Gasteiger partial charge in [-0.25, -0.2) is 9.37 Å². The molecule has 4 aromatic rings. The molecule has 208 valence electrons. The number of rotatable bonds is 5. The van der Waals surface area contributed by atoms with Crippen LogP contribution in [0.15, 0.2) is 66.7 Å². The lowest BCUT2D eigenvalue weighted by atomic mass is 9.93. The van der Waals surface area contributed by atoms with Crippen molar-refractivity contribution in [3.63, 3.8) is 0 Å². The van der Waals surface area contributed by atoms with Crippen LogP contribution in [0, 0.1) is 18.7 Å². The summed E-state index contributed by atoms with van der Waals surface area (Å²) in [6.07, 6.45) is 2.79. The molecule has 2 N–H and O–H groups in total. The molecule has 7 nitrogen and oxygen atoms in total.